The van der Waals surface area contributed by atoms with E-state index in [2.05, 4.69) is 54.4 Å². The van der Waals surface area contributed by atoms with Crippen LogP contribution < -0.4 is 5.73 Å². The van der Waals surface area contributed by atoms with Crippen molar-refractivity contribution < 1.29 is 0 Å². The SMILES string of the molecule is Cc1ccc(-c2cnc3c(c2)Cc2cc(N)ccc2C=C3)s1. The van der Waals surface area contributed by atoms with Crippen molar-refractivity contribution in [2.45, 2.75) is 13.3 Å². The Hall–Kier alpha value is -2.39. The highest BCUT2D eigenvalue weighted by Crippen LogP contribution is 2.31. The zero-order valence-corrected chi connectivity index (χ0v) is 13.2. The number of anilines is 1. The van der Waals surface area contributed by atoms with E-state index >= 15 is 0 Å². The van der Waals surface area contributed by atoms with Crippen LogP contribution in [-0.4, -0.2) is 4.98 Å². The van der Waals surface area contributed by atoms with Gasteiger partial charge in [-0.3, -0.25) is 4.98 Å². The number of pyridine rings is 1. The first-order valence-electron chi connectivity index (χ1n) is 7.31. The largest absolute Gasteiger partial charge is 0.399 e. The molecule has 3 aromatic rings. The summed E-state index contributed by atoms with van der Waals surface area (Å²) in [7, 11) is 0. The molecule has 0 amide bonds. The minimum atomic E-state index is 0.814. The molecule has 108 valence electrons. The molecule has 2 heterocycles. The number of thiophene rings is 1. The first-order chi connectivity index (χ1) is 10.7. The summed E-state index contributed by atoms with van der Waals surface area (Å²) in [6.07, 6.45) is 7.07. The molecular formula is C19H16N2S. The Morgan fingerprint density at radius 2 is 1.95 bits per heavy atom. The number of fused-ring (bicyclic) bond motifs is 2. The van der Waals surface area contributed by atoms with Crippen LogP contribution in [0, 0.1) is 6.92 Å². The fourth-order valence-corrected chi connectivity index (χ4v) is 3.70. The van der Waals surface area contributed by atoms with Gasteiger partial charge < -0.3 is 5.73 Å². The number of benzene rings is 1. The molecule has 0 fully saturated rings. The highest BCUT2D eigenvalue weighted by molar-refractivity contribution is 7.15. The molecule has 0 aliphatic heterocycles. The van der Waals surface area contributed by atoms with Gasteiger partial charge in [0.15, 0.2) is 0 Å². The summed E-state index contributed by atoms with van der Waals surface area (Å²) in [4.78, 5) is 7.25. The van der Waals surface area contributed by atoms with Gasteiger partial charge in [-0.2, -0.15) is 0 Å². The predicted octanol–water partition coefficient (Wildman–Crippen LogP) is 4.78. The highest BCUT2D eigenvalue weighted by Gasteiger charge is 2.12. The molecule has 1 aromatic carbocycles. The molecule has 22 heavy (non-hydrogen) atoms. The van der Waals surface area contributed by atoms with Crippen molar-refractivity contribution in [1.29, 1.82) is 0 Å². The fourth-order valence-electron chi connectivity index (χ4n) is 2.85. The first kappa shape index (κ1) is 13.3. The van der Waals surface area contributed by atoms with Crippen LogP contribution in [0.15, 0.2) is 42.6 Å². The second-order valence-electron chi connectivity index (χ2n) is 5.65. The van der Waals surface area contributed by atoms with Gasteiger partial charge >= 0.3 is 0 Å². The summed E-state index contributed by atoms with van der Waals surface area (Å²) < 4.78 is 0. The van der Waals surface area contributed by atoms with Crippen molar-refractivity contribution in [1.82, 2.24) is 4.98 Å². The van der Waals surface area contributed by atoms with Crippen LogP contribution in [-0.2, 0) is 6.42 Å². The zero-order chi connectivity index (χ0) is 15.1. The second-order valence-corrected chi connectivity index (χ2v) is 6.93. The lowest BCUT2D eigenvalue weighted by atomic mass is 10.00. The summed E-state index contributed by atoms with van der Waals surface area (Å²) in [6, 6.07) is 12.7. The van der Waals surface area contributed by atoms with Crippen molar-refractivity contribution >= 4 is 29.2 Å². The van der Waals surface area contributed by atoms with E-state index in [4.69, 9.17) is 5.73 Å². The Morgan fingerprint density at radius 1 is 1.05 bits per heavy atom. The molecule has 0 radical (unpaired) electrons. The highest BCUT2D eigenvalue weighted by atomic mass is 32.1. The van der Waals surface area contributed by atoms with Crippen molar-refractivity contribution in [3.8, 4) is 10.4 Å². The van der Waals surface area contributed by atoms with E-state index in [1.165, 1.54) is 32.0 Å². The maximum Gasteiger partial charge on any atom is 0.0665 e. The monoisotopic (exact) mass is 304 g/mol. The van der Waals surface area contributed by atoms with Gasteiger partial charge in [0.25, 0.3) is 0 Å². The molecule has 2 N–H and O–H groups in total. The van der Waals surface area contributed by atoms with Gasteiger partial charge in [-0.15, -0.1) is 11.3 Å². The molecular weight excluding hydrogens is 288 g/mol. The Balaban J connectivity index is 1.81. The van der Waals surface area contributed by atoms with Crippen LogP contribution >= 0.6 is 11.3 Å². The van der Waals surface area contributed by atoms with Crippen LogP contribution in [0.5, 0.6) is 0 Å². The van der Waals surface area contributed by atoms with E-state index in [0.29, 0.717) is 0 Å². The summed E-state index contributed by atoms with van der Waals surface area (Å²) >= 11 is 1.81. The topological polar surface area (TPSA) is 38.9 Å². The molecule has 0 bridgehead atoms. The number of nitrogen functional groups attached to an aromatic ring is 1. The van der Waals surface area contributed by atoms with Crippen LogP contribution in [0.1, 0.15) is 27.3 Å². The second kappa shape index (κ2) is 5.11. The predicted molar refractivity (Wildman–Crippen MR) is 94.9 cm³/mol. The van der Waals surface area contributed by atoms with E-state index in [-0.39, 0.29) is 0 Å². The van der Waals surface area contributed by atoms with Crippen LogP contribution in [0.3, 0.4) is 0 Å². The van der Waals surface area contributed by atoms with E-state index in [1.807, 2.05) is 12.3 Å². The molecule has 1 aliphatic carbocycles. The number of nitrogens with two attached hydrogens (primary N) is 1. The first-order valence-corrected chi connectivity index (χ1v) is 8.13. The smallest absolute Gasteiger partial charge is 0.0665 e. The van der Waals surface area contributed by atoms with Gasteiger partial charge in [0.1, 0.15) is 0 Å². The van der Waals surface area contributed by atoms with Gasteiger partial charge in [-0.1, -0.05) is 12.1 Å². The number of nitrogens with zero attached hydrogens (tertiary/aromatic N) is 1. The molecule has 2 aromatic heterocycles. The van der Waals surface area contributed by atoms with E-state index in [9.17, 15) is 0 Å². The lowest BCUT2D eigenvalue weighted by Gasteiger charge is -2.08. The molecule has 0 unspecified atom stereocenters. The molecule has 0 spiro atoms. The summed E-state index contributed by atoms with van der Waals surface area (Å²) in [5.74, 6) is 0. The van der Waals surface area contributed by atoms with E-state index < -0.39 is 0 Å². The minimum Gasteiger partial charge on any atom is -0.399 e. The Labute approximate surface area is 134 Å². The van der Waals surface area contributed by atoms with Crippen molar-refractivity contribution in [3.05, 3.63) is 69.9 Å². The number of aryl methyl sites for hydroxylation is 1. The minimum absolute atomic E-state index is 0.814. The number of aromatic nitrogens is 1. The van der Waals surface area contributed by atoms with Gasteiger partial charge in [-0.05, 0) is 60.0 Å². The fraction of sp³-hybridized carbons (Fsp3) is 0.105. The standard InChI is InChI=1S/C19H16N2S/c1-12-2-7-19(22-12)16-9-15-8-14-10-17(20)5-3-13(14)4-6-18(15)21-11-16/h2-7,9-11H,8,20H2,1H3. The molecule has 0 saturated carbocycles. The Morgan fingerprint density at radius 3 is 2.77 bits per heavy atom. The zero-order valence-electron chi connectivity index (χ0n) is 12.3. The van der Waals surface area contributed by atoms with Gasteiger partial charge in [0.05, 0.1) is 5.69 Å². The third-order valence-electron chi connectivity index (χ3n) is 4.00. The average molecular weight is 304 g/mol. The Bertz CT molecular complexity index is 890. The van der Waals surface area contributed by atoms with E-state index in [1.54, 1.807) is 11.3 Å². The van der Waals surface area contributed by atoms with Crippen molar-refractivity contribution in [2.24, 2.45) is 0 Å². The van der Waals surface area contributed by atoms with Gasteiger partial charge in [-0.25, -0.2) is 0 Å². The third kappa shape index (κ3) is 2.34. The maximum atomic E-state index is 5.94. The van der Waals surface area contributed by atoms with Crippen molar-refractivity contribution in [2.75, 3.05) is 5.73 Å². The van der Waals surface area contributed by atoms with Crippen LogP contribution in [0.4, 0.5) is 5.69 Å². The third-order valence-corrected chi connectivity index (χ3v) is 5.04. The quantitative estimate of drug-likeness (QED) is 0.514. The molecule has 1 aliphatic rings. The number of hydrogen-bond acceptors (Lipinski definition) is 3. The van der Waals surface area contributed by atoms with Crippen molar-refractivity contribution in [3.63, 3.8) is 0 Å². The normalized spacial score (nSPS) is 12.6. The summed E-state index contributed by atoms with van der Waals surface area (Å²) in [5.41, 5.74) is 12.7. The lowest BCUT2D eigenvalue weighted by Crippen LogP contribution is -1.96. The molecule has 2 nitrogen and oxygen atoms in total. The molecule has 4 rings (SSSR count). The maximum absolute atomic E-state index is 5.94. The van der Waals surface area contributed by atoms with E-state index in [0.717, 1.165) is 17.8 Å². The molecule has 0 saturated heterocycles. The Kier molecular flexibility index (Phi) is 3.09. The molecule has 0 atom stereocenters. The lowest BCUT2D eigenvalue weighted by molar-refractivity contribution is 1.14. The summed E-state index contributed by atoms with van der Waals surface area (Å²) in [6.45, 7) is 2.13. The van der Waals surface area contributed by atoms with Gasteiger partial charge in [0.2, 0.25) is 0 Å². The van der Waals surface area contributed by atoms with Crippen LogP contribution in [0.2, 0.25) is 0 Å². The summed E-state index contributed by atoms with van der Waals surface area (Å²) in [5, 5.41) is 0. The molecule has 3 heteroatoms. The van der Waals surface area contributed by atoms with Crippen LogP contribution in [0.25, 0.3) is 22.6 Å². The van der Waals surface area contributed by atoms with Gasteiger partial charge in [0, 0.05) is 33.6 Å². The average Bonchev–Trinajstić information content (AvgIpc) is 2.85. The number of hydrogen-bond donors (Lipinski definition) is 1. The number of rotatable bonds is 1.